The molecule has 1 aromatic rings. The minimum absolute atomic E-state index is 0. The molecule has 2 N–H and O–H groups in total. The minimum atomic E-state index is -4.45. The van der Waals surface area contributed by atoms with Crippen LogP contribution in [0.3, 0.4) is 0 Å². The standard InChI is InChI=1S/C14H18F4N4O.HI/c1-19-13(20-7-10-5-3-4-6-11(10)15)21-8-12(23)22(2)9-14(16,17)18;/h3-6H,7-9H2,1-2H3,(H2,19,20,21);1H. The number of benzene rings is 1. The van der Waals surface area contributed by atoms with Crippen LogP contribution < -0.4 is 10.6 Å². The van der Waals surface area contributed by atoms with Gasteiger partial charge in [0.2, 0.25) is 5.91 Å². The summed E-state index contributed by atoms with van der Waals surface area (Å²) in [5, 5.41) is 5.36. The number of rotatable bonds is 5. The number of likely N-dealkylation sites (N-methyl/N-ethyl adjacent to an activating group) is 1. The number of halogens is 5. The van der Waals surface area contributed by atoms with Crippen molar-refractivity contribution < 1.29 is 22.4 Å². The maximum Gasteiger partial charge on any atom is 0.406 e. The number of hydrogen-bond donors (Lipinski definition) is 2. The number of alkyl halides is 3. The van der Waals surface area contributed by atoms with Crippen LogP contribution in [0, 0.1) is 5.82 Å². The lowest BCUT2D eigenvalue weighted by Crippen LogP contribution is -2.45. The third-order valence-electron chi connectivity index (χ3n) is 2.88. The molecule has 0 atom stereocenters. The molecule has 1 aromatic carbocycles. The molecule has 0 saturated carbocycles. The number of carbonyl (C=O) groups is 1. The molecule has 0 fully saturated rings. The summed E-state index contributed by atoms with van der Waals surface area (Å²) in [4.78, 5) is 16.0. The molecule has 0 aliphatic rings. The van der Waals surface area contributed by atoms with Crippen molar-refractivity contribution in [2.45, 2.75) is 12.7 Å². The molecule has 1 rings (SSSR count). The molecular formula is C14H19F4IN4O. The van der Waals surface area contributed by atoms with Crippen LogP contribution in [0.5, 0.6) is 0 Å². The van der Waals surface area contributed by atoms with Crippen molar-refractivity contribution in [1.29, 1.82) is 0 Å². The highest BCUT2D eigenvalue weighted by Crippen LogP contribution is 2.15. The second-order valence-corrected chi connectivity index (χ2v) is 4.74. The molecule has 0 unspecified atom stereocenters. The van der Waals surface area contributed by atoms with E-state index in [4.69, 9.17) is 0 Å². The molecule has 0 aliphatic carbocycles. The van der Waals surface area contributed by atoms with E-state index in [1.807, 2.05) is 0 Å². The van der Waals surface area contributed by atoms with Gasteiger partial charge in [0, 0.05) is 26.2 Å². The molecule has 0 bridgehead atoms. The van der Waals surface area contributed by atoms with Crippen molar-refractivity contribution in [3.63, 3.8) is 0 Å². The predicted octanol–water partition coefficient (Wildman–Crippen LogP) is 2.13. The lowest BCUT2D eigenvalue weighted by atomic mass is 10.2. The molecule has 0 aliphatic heterocycles. The molecule has 136 valence electrons. The fourth-order valence-electron chi connectivity index (χ4n) is 1.69. The number of hydrogen-bond acceptors (Lipinski definition) is 2. The summed E-state index contributed by atoms with van der Waals surface area (Å²) in [7, 11) is 2.49. The van der Waals surface area contributed by atoms with Crippen LogP contribution in [0.1, 0.15) is 5.56 Å². The van der Waals surface area contributed by atoms with E-state index in [-0.39, 0.29) is 43.0 Å². The quantitative estimate of drug-likeness (QED) is 0.305. The summed E-state index contributed by atoms with van der Waals surface area (Å²) >= 11 is 0. The molecule has 0 heterocycles. The van der Waals surface area contributed by atoms with E-state index in [0.29, 0.717) is 10.5 Å². The van der Waals surface area contributed by atoms with E-state index in [0.717, 1.165) is 7.05 Å². The molecule has 24 heavy (non-hydrogen) atoms. The molecule has 1 amide bonds. The van der Waals surface area contributed by atoms with E-state index in [1.165, 1.54) is 13.1 Å². The number of nitrogens with zero attached hydrogens (tertiary/aromatic N) is 2. The first kappa shape index (κ1) is 22.4. The zero-order chi connectivity index (χ0) is 17.5. The Morgan fingerprint density at radius 2 is 1.88 bits per heavy atom. The molecular weight excluding hydrogens is 443 g/mol. The zero-order valence-electron chi connectivity index (χ0n) is 13.2. The normalized spacial score (nSPS) is 11.5. The fourth-order valence-corrected chi connectivity index (χ4v) is 1.69. The number of aliphatic imine (C=N–C) groups is 1. The average molecular weight is 462 g/mol. The smallest absolute Gasteiger partial charge is 0.352 e. The second kappa shape index (κ2) is 10.3. The number of guanidine groups is 1. The zero-order valence-corrected chi connectivity index (χ0v) is 15.5. The molecule has 10 heteroatoms. The van der Waals surface area contributed by atoms with E-state index >= 15 is 0 Å². The lowest BCUT2D eigenvalue weighted by Gasteiger charge is -2.20. The third-order valence-corrected chi connectivity index (χ3v) is 2.88. The Morgan fingerprint density at radius 1 is 1.25 bits per heavy atom. The van der Waals surface area contributed by atoms with Crippen LogP contribution in [0.2, 0.25) is 0 Å². The molecule has 0 aromatic heterocycles. The first-order valence-electron chi connectivity index (χ1n) is 6.71. The van der Waals surface area contributed by atoms with Gasteiger partial charge in [-0.3, -0.25) is 9.79 Å². The Balaban J connectivity index is 0.00000529. The van der Waals surface area contributed by atoms with Gasteiger partial charge < -0.3 is 15.5 Å². The molecule has 5 nitrogen and oxygen atoms in total. The van der Waals surface area contributed by atoms with Crippen LogP contribution in [-0.4, -0.2) is 50.1 Å². The monoisotopic (exact) mass is 462 g/mol. The maximum atomic E-state index is 13.5. The average Bonchev–Trinajstić information content (AvgIpc) is 2.47. The van der Waals surface area contributed by atoms with Crippen molar-refractivity contribution in [3.05, 3.63) is 35.6 Å². The second-order valence-electron chi connectivity index (χ2n) is 4.74. The summed E-state index contributed by atoms with van der Waals surface area (Å²) in [6.45, 7) is -1.56. The van der Waals surface area contributed by atoms with E-state index in [9.17, 15) is 22.4 Å². The fraction of sp³-hybridized carbons (Fsp3) is 0.429. The number of amides is 1. The van der Waals surface area contributed by atoms with Crippen molar-refractivity contribution >= 4 is 35.8 Å². The lowest BCUT2D eigenvalue weighted by molar-refractivity contribution is -0.157. The van der Waals surface area contributed by atoms with Crippen LogP contribution in [-0.2, 0) is 11.3 Å². The summed E-state index contributed by atoms with van der Waals surface area (Å²) in [6, 6.07) is 6.12. The van der Waals surface area contributed by atoms with Gasteiger partial charge >= 0.3 is 6.18 Å². The highest BCUT2D eigenvalue weighted by Gasteiger charge is 2.31. The van der Waals surface area contributed by atoms with Gasteiger partial charge in [-0.15, -0.1) is 24.0 Å². The highest BCUT2D eigenvalue weighted by atomic mass is 127. The van der Waals surface area contributed by atoms with Crippen LogP contribution >= 0.6 is 24.0 Å². The van der Waals surface area contributed by atoms with E-state index < -0.39 is 24.4 Å². The summed E-state index contributed by atoms with van der Waals surface area (Å²) in [5.74, 6) is -0.949. The largest absolute Gasteiger partial charge is 0.406 e. The van der Waals surface area contributed by atoms with Gasteiger partial charge in [0.15, 0.2) is 5.96 Å². The van der Waals surface area contributed by atoms with Gasteiger partial charge in [-0.05, 0) is 6.07 Å². The Bertz CT molecular complexity index is 566. The van der Waals surface area contributed by atoms with Crippen molar-refractivity contribution in [2.24, 2.45) is 4.99 Å². The van der Waals surface area contributed by atoms with Gasteiger partial charge in [-0.1, -0.05) is 18.2 Å². The van der Waals surface area contributed by atoms with Crippen LogP contribution in [0.25, 0.3) is 0 Å². The Hall–Kier alpha value is -1.59. The van der Waals surface area contributed by atoms with Gasteiger partial charge in [0.1, 0.15) is 12.4 Å². The summed E-state index contributed by atoms with van der Waals surface area (Å²) in [6.07, 6.45) is -4.45. The molecule has 0 radical (unpaired) electrons. The van der Waals surface area contributed by atoms with Crippen molar-refractivity contribution in [3.8, 4) is 0 Å². The van der Waals surface area contributed by atoms with Crippen molar-refractivity contribution in [1.82, 2.24) is 15.5 Å². The van der Waals surface area contributed by atoms with Crippen LogP contribution in [0.4, 0.5) is 17.6 Å². The van der Waals surface area contributed by atoms with E-state index in [2.05, 4.69) is 15.6 Å². The summed E-state index contributed by atoms with van der Waals surface area (Å²) in [5.41, 5.74) is 0.399. The molecule has 0 spiro atoms. The predicted molar refractivity (Wildman–Crippen MR) is 93.7 cm³/mol. The third kappa shape index (κ3) is 8.31. The number of nitrogens with one attached hydrogen (secondary N) is 2. The first-order chi connectivity index (χ1) is 10.7. The van der Waals surface area contributed by atoms with Gasteiger partial charge in [0.05, 0.1) is 6.54 Å². The number of carbonyl (C=O) groups excluding carboxylic acids is 1. The maximum absolute atomic E-state index is 13.5. The SMILES string of the molecule is CN=C(NCC(=O)N(C)CC(F)(F)F)NCc1ccccc1F.I. The Kier molecular flexibility index (Phi) is 9.63. The highest BCUT2D eigenvalue weighted by molar-refractivity contribution is 14.0. The first-order valence-corrected chi connectivity index (χ1v) is 6.71. The van der Waals surface area contributed by atoms with Crippen molar-refractivity contribution in [2.75, 3.05) is 27.2 Å². The van der Waals surface area contributed by atoms with Crippen LogP contribution in [0.15, 0.2) is 29.3 Å². The van der Waals surface area contributed by atoms with Gasteiger partial charge in [-0.25, -0.2) is 4.39 Å². The topological polar surface area (TPSA) is 56.7 Å². The van der Waals surface area contributed by atoms with E-state index in [1.54, 1.807) is 18.2 Å². The van der Waals surface area contributed by atoms with Gasteiger partial charge in [0.25, 0.3) is 0 Å². The molecule has 0 saturated heterocycles. The Morgan fingerprint density at radius 3 is 2.42 bits per heavy atom. The summed E-state index contributed by atoms with van der Waals surface area (Å²) < 4.78 is 50.0. The van der Waals surface area contributed by atoms with Gasteiger partial charge in [-0.2, -0.15) is 13.2 Å². The Labute approximate surface area is 154 Å². The minimum Gasteiger partial charge on any atom is -0.352 e.